The van der Waals surface area contributed by atoms with Crippen molar-refractivity contribution in [3.05, 3.63) is 42.6 Å². The Balaban J connectivity index is 2.42. The Bertz CT molecular complexity index is 417. The molecule has 2 heterocycles. The molecule has 0 aliphatic carbocycles. The summed E-state index contributed by atoms with van der Waals surface area (Å²) in [6.07, 6.45) is 8.23. The molecular formula is C10H9N3O. The number of hydrogen-bond acceptors (Lipinski definition) is 4. The zero-order chi connectivity index (χ0) is 9.80. The van der Waals surface area contributed by atoms with Gasteiger partial charge in [0.2, 0.25) is 0 Å². The molecule has 2 aromatic heterocycles. The van der Waals surface area contributed by atoms with E-state index in [4.69, 9.17) is 5.11 Å². The van der Waals surface area contributed by atoms with Crippen molar-refractivity contribution >= 4 is 0 Å². The van der Waals surface area contributed by atoms with Crippen LogP contribution in [-0.4, -0.2) is 20.1 Å². The van der Waals surface area contributed by atoms with Crippen LogP contribution in [-0.2, 0) is 6.61 Å². The molecule has 0 saturated heterocycles. The number of aliphatic hydroxyl groups excluding tert-OH is 1. The van der Waals surface area contributed by atoms with Crippen LogP contribution in [0.25, 0.3) is 11.3 Å². The maximum Gasteiger partial charge on any atom is 0.0900 e. The van der Waals surface area contributed by atoms with Crippen molar-refractivity contribution in [3.63, 3.8) is 0 Å². The molecule has 0 aliphatic rings. The number of nitrogens with zero attached hydrogens (tertiary/aromatic N) is 3. The molecule has 0 unspecified atom stereocenters. The van der Waals surface area contributed by atoms with E-state index in [1.807, 2.05) is 6.07 Å². The van der Waals surface area contributed by atoms with Gasteiger partial charge in [0.05, 0.1) is 18.5 Å². The summed E-state index contributed by atoms with van der Waals surface area (Å²) in [7, 11) is 0. The van der Waals surface area contributed by atoms with E-state index in [-0.39, 0.29) is 6.61 Å². The maximum absolute atomic E-state index is 8.93. The SMILES string of the molecule is OCc1cncc(-c2cnccn2)c1. The van der Waals surface area contributed by atoms with Gasteiger partial charge >= 0.3 is 0 Å². The smallest absolute Gasteiger partial charge is 0.0900 e. The summed E-state index contributed by atoms with van der Waals surface area (Å²) in [6.45, 7) is -0.0128. The summed E-state index contributed by atoms with van der Waals surface area (Å²) in [5, 5.41) is 8.93. The van der Waals surface area contributed by atoms with Crippen LogP contribution in [0.15, 0.2) is 37.1 Å². The van der Waals surface area contributed by atoms with Crippen LogP contribution in [0.4, 0.5) is 0 Å². The Morgan fingerprint density at radius 1 is 1.07 bits per heavy atom. The first-order valence-corrected chi connectivity index (χ1v) is 4.21. The van der Waals surface area contributed by atoms with Crippen LogP contribution in [0.5, 0.6) is 0 Å². The Kier molecular flexibility index (Phi) is 2.46. The third kappa shape index (κ3) is 1.75. The van der Waals surface area contributed by atoms with Crippen molar-refractivity contribution in [2.75, 3.05) is 0 Å². The molecular weight excluding hydrogens is 178 g/mol. The van der Waals surface area contributed by atoms with Gasteiger partial charge in [0.25, 0.3) is 0 Å². The number of aromatic nitrogens is 3. The molecule has 4 nitrogen and oxygen atoms in total. The molecule has 14 heavy (non-hydrogen) atoms. The summed E-state index contributed by atoms with van der Waals surface area (Å²) in [4.78, 5) is 12.1. The van der Waals surface area contributed by atoms with Crippen LogP contribution in [0.3, 0.4) is 0 Å². The van der Waals surface area contributed by atoms with E-state index < -0.39 is 0 Å². The summed E-state index contributed by atoms with van der Waals surface area (Å²) in [5.41, 5.74) is 2.40. The molecule has 0 atom stereocenters. The second-order valence-corrected chi connectivity index (χ2v) is 2.83. The number of aliphatic hydroxyl groups is 1. The topological polar surface area (TPSA) is 58.9 Å². The minimum atomic E-state index is -0.0128. The van der Waals surface area contributed by atoms with E-state index in [9.17, 15) is 0 Å². The first-order chi connectivity index (χ1) is 6.90. The van der Waals surface area contributed by atoms with Gasteiger partial charge in [0, 0.05) is 30.4 Å². The van der Waals surface area contributed by atoms with Gasteiger partial charge < -0.3 is 5.11 Å². The number of hydrogen-bond donors (Lipinski definition) is 1. The summed E-state index contributed by atoms with van der Waals surface area (Å²) >= 11 is 0. The number of rotatable bonds is 2. The monoisotopic (exact) mass is 187 g/mol. The Morgan fingerprint density at radius 2 is 2.00 bits per heavy atom. The van der Waals surface area contributed by atoms with Gasteiger partial charge in [-0.2, -0.15) is 0 Å². The lowest BCUT2D eigenvalue weighted by atomic mass is 10.1. The predicted octanol–water partition coefficient (Wildman–Crippen LogP) is 1.03. The van der Waals surface area contributed by atoms with E-state index in [1.54, 1.807) is 31.0 Å². The Labute approximate surface area is 81.3 Å². The second-order valence-electron chi connectivity index (χ2n) is 2.83. The molecule has 0 fully saturated rings. The van der Waals surface area contributed by atoms with Crippen molar-refractivity contribution < 1.29 is 5.11 Å². The summed E-state index contributed by atoms with van der Waals surface area (Å²) in [5.74, 6) is 0. The first-order valence-electron chi connectivity index (χ1n) is 4.21. The highest BCUT2D eigenvalue weighted by Crippen LogP contribution is 2.14. The van der Waals surface area contributed by atoms with E-state index in [2.05, 4.69) is 15.0 Å². The van der Waals surface area contributed by atoms with Crippen molar-refractivity contribution in [1.82, 2.24) is 15.0 Å². The molecule has 4 heteroatoms. The third-order valence-electron chi connectivity index (χ3n) is 1.84. The lowest BCUT2D eigenvalue weighted by Gasteiger charge is -2.00. The molecule has 0 radical (unpaired) electrons. The minimum absolute atomic E-state index is 0.0128. The fourth-order valence-electron chi connectivity index (χ4n) is 1.16. The fraction of sp³-hybridized carbons (Fsp3) is 0.100. The molecule has 0 bridgehead atoms. The quantitative estimate of drug-likeness (QED) is 0.762. The van der Waals surface area contributed by atoms with Crippen LogP contribution >= 0.6 is 0 Å². The summed E-state index contributed by atoms with van der Waals surface area (Å²) < 4.78 is 0. The highest BCUT2D eigenvalue weighted by Gasteiger charge is 1.99. The van der Waals surface area contributed by atoms with Gasteiger partial charge in [-0.1, -0.05) is 0 Å². The van der Waals surface area contributed by atoms with Gasteiger partial charge in [-0.05, 0) is 11.6 Å². The summed E-state index contributed by atoms with van der Waals surface area (Å²) in [6, 6.07) is 1.84. The maximum atomic E-state index is 8.93. The van der Waals surface area contributed by atoms with Crippen LogP contribution < -0.4 is 0 Å². The van der Waals surface area contributed by atoms with Crippen molar-refractivity contribution in [2.45, 2.75) is 6.61 Å². The van der Waals surface area contributed by atoms with Gasteiger partial charge in [0.15, 0.2) is 0 Å². The van der Waals surface area contributed by atoms with E-state index >= 15 is 0 Å². The van der Waals surface area contributed by atoms with Gasteiger partial charge in [-0.15, -0.1) is 0 Å². The predicted molar refractivity (Wildman–Crippen MR) is 51.2 cm³/mol. The van der Waals surface area contributed by atoms with Gasteiger partial charge in [-0.3, -0.25) is 15.0 Å². The standard InChI is InChI=1S/C10H9N3O/c14-7-8-3-9(5-12-4-8)10-6-11-1-2-13-10/h1-6,14H,7H2. The van der Waals surface area contributed by atoms with Gasteiger partial charge in [-0.25, -0.2) is 0 Å². The molecule has 0 spiro atoms. The molecule has 1 N–H and O–H groups in total. The van der Waals surface area contributed by atoms with Gasteiger partial charge in [0.1, 0.15) is 0 Å². The number of pyridine rings is 1. The zero-order valence-corrected chi connectivity index (χ0v) is 7.46. The van der Waals surface area contributed by atoms with Crippen LogP contribution in [0.2, 0.25) is 0 Å². The Morgan fingerprint density at radius 3 is 2.71 bits per heavy atom. The molecule has 2 rings (SSSR count). The highest BCUT2D eigenvalue weighted by atomic mass is 16.3. The minimum Gasteiger partial charge on any atom is -0.392 e. The molecule has 0 saturated carbocycles. The fourth-order valence-corrected chi connectivity index (χ4v) is 1.16. The molecule has 0 aromatic carbocycles. The van der Waals surface area contributed by atoms with Crippen LogP contribution in [0, 0.1) is 0 Å². The Hall–Kier alpha value is -1.81. The largest absolute Gasteiger partial charge is 0.392 e. The molecule has 2 aromatic rings. The van der Waals surface area contributed by atoms with Crippen molar-refractivity contribution in [2.24, 2.45) is 0 Å². The van der Waals surface area contributed by atoms with E-state index in [0.717, 1.165) is 16.8 Å². The normalized spacial score (nSPS) is 10.1. The van der Waals surface area contributed by atoms with Crippen molar-refractivity contribution in [1.29, 1.82) is 0 Å². The second kappa shape index (κ2) is 3.93. The average molecular weight is 187 g/mol. The lowest BCUT2D eigenvalue weighted by Crippen LogP contribution is -1.89. The highest BCUT2D eigenvalue weighted by molar-refractivity contribution is 5.57. The average Bonchev–Trinajstić information content (AvgIpc) is 2.30. The van der Waals surface area contributed by atoms with E-state index in [1.165, 1.54) is 0 Å². The zero-order valence-electron chi connectivity index (χ0n) is 7.46. The van der Waals surface area contributed by atoms with E-state index in [0.29, 0.717) is 0 Å². The van der Waals surface area contributed by atoms with Crippen LogP contribution in [0.1, 0.15) is 5.56 Å². The molecule has 0 aliphatic heterocycles. The van der Waals surface area contributed by atoms with Crippen molar-refractivity contribution in [3.8, 4) is 11.3 Å². The molecule has 70 valence electrons. The lowest BCUT2D eigenvalue weighted by molar-refractivity contribution is 0.281. The third-order valence-corrected chi connectivity index (χ3v) is 1.84. The molecule has 0 amide bonds. The first kappa shape index (κ1) is 8.77.